The highest BCUT2D eigenvalue weighted by atomic mass is 32.1. The molecule has 5 heterocycles. The lowest BCUT2D eigenvalue weighted by Gasteiger charge is -2.45. The van der Waals surface area contributed by atoms with Gasteiger partial charge in [-0.2, -0.15) is 15.3 Å². The molecule has 0 unspecified atom stereocenters. The summed E-state index contributed by atoms with van der Waals surface area (Å²) in [6.45, 7) is 10.3. The van der Waals surface area contributed by atoms with Gasteiger partial charge in [0.05, 0.1) is 52.7 Å². The number of pyridine rings is 1. The monoisotopic (exact) mass is 490 g/mol. The Balaban J connectivity index is 1.57. The highest BCUT2D eigenvalue weighted by Gasteiger charge is 2.34. The summed E-state index contributed by atoms with van der Waals surface area (Å²) < 4.78 is 1.71. The van der Waals surface area contributed by atoms with Crippen LogP contribution >= 0.6 is 11.3 Å². The molecular weight excluding hydrogens is 464 g/mol. The van der Waals surface area contributed by atoms with Gasteiger partial charge in [-0.3, -0.25) is 19.5 Å². The second kappa shape index (κ2) is 8.51. The van der Waals surface area contributed by atoms with Gasteiger partial charge in [0.2, 0.25) is 5.91 Å². The number of carbonyl (C=O) groups is 2. The Morgan fingerprint density at radius 1 is 1.17 bits per heavy atom. The van der Waals surface area contributed by atoms with Gasteiger partial charge < -0.3 is 11.1 Å². The maximum atomic E-state index is 12.7. The van der Waals surface area contributed by atoms with Crippen LogP contribution in [0.2, 0.25) is 0 Å². The standard InChI is InChI=1S/C24H26N8O2S/c1-13-17(7-15(8-26-13)29-19(33)10-31-11-24(3,4)12-31)20-21(16-5-6-27-30-14(16)2)35-23-18(22(25)34)9-28-32(20)23/h5-9H,10-12H2,1-4H3,(H2,25,34)(H,29,33). The fourth-order valence-electron chi connectivity index (χ4n) is 4.59. The van der Waals surface area contributed by atoms with Crippen LogP contribution in [0.15, 0.2) is 30.7 Å². The number of amides is 2. The summed E-state index contributed by atoms with van der Waals surface area (Å²) in [6, 6.07) is 3.77. The van der Waals surface area contributed by atoms with Crippen molar-refractivity contribution in [3.8, 4) is 21.7 Å². The molecule has 1 aliphatic heterocycles. The molecule has 5 rings (SSSR count). The summed E-state index contributed by atoms with van der Waals surface area (Å²) in [5.74, 6) is -0.633. The molecule has 180 valence electrons. The van der Waals surface area contributed by atoms with Gasteiger partial charge >= 0.3 is 0 Å². The molecule has 35 heavy (non-hydrogen) atoms. The Hall–Kier alpha value is -3.70. The Bertz CT molecular complexity index is 1460. The van der Waals surface area contributed by atoms with E-state index >= 15 is 0 Å². The summed E-state index contributed by atoms with van der Waals surface area (Å²) in [7, 11) is 0. The number of hydrogen-bond donors (Lipinski definition) is 2. The number of nitrogens with one attached hydrogen (secondary N) is 1. The Kier molecular flexibility index (Phi) is 5.60. The molecule has 4 aromatic heterocycles. The van der Waals surface area contributed by atoms with Crippen LogP contribution in [0, 0.1) is 19.3 Å². The zero-order valence-electron chi connectivity index (χ0n) is 20.0. The van der Waals surface area contributed by atoms with Gasteiger partial charge in [-0.05, 0) is 31.4 Å². The highest BCUT2D eigenvalue weighted by molar-refractivity contribution is 7.21. The number of anilines is 1. The van der Waals surface area contributed by atoms with E-state index in [1.54, 1.807) is 16.9 Å². The van der Waals surface area contributed by atoms with Crippen LogP contribution in [0.3, 0.4) is 0 Å². The molecule has 0 atom stereocenters. The Morgan fingerprint density at radius 3 is 2.63 bits per heavy atom. The molecular formula is C24H26N8O2S. The van der Waals surface area contributed by atoms with E-state index in [1.807, 2.05) is 26.0 Å². The van der Waals surface area contributed by atoms with E-state index < -0.39 is 5.91 Å². The first-order valence-corrected chi connectivity index (χ1v) is 12.0. The van der Waals surface area contributed by atoms with E-state index in [2.05, 4.69) is 44.3 Å². The number of nitrogens with zero attached hydrogens (tertiary/aromatic N) is 6. The topological polar surface area (TPSA) is 131 Å². The van der Waals surface area contributed by atoms with Crippen molar-refractivity contribution in [2.45, 2.75) is 27.7 Å². The van der Waals surface area contributed by atoms with Crippen LogP contribution in [-0.2, 0) is 4.79 Å². The number of primary amides is 1. The van der Waals surface area contributed by atoms with Crippen molar-refractivity contribution < 1.29 is 9.59 Å². The first-order chi connectivity index (χ1) is 16.6. The largest absolute Gasteiger partial charge is 0.365 e. The number of likely N-dealkylation sites (tertiary alicyclic amines) is 1. The molecule has 0 aliphatic carbocycles. The normalized spacial score (nSPS) is 15.2. The summed E-state index contributed by atoms with van der Waals surface area (Å²) >= 11 is 1.40. The summed E-state index contributed by atoms with van der Waals surface area (Å²) in [4.78, 5) is 32.9. The van der Waals surface area contributed by atoms with Gasteiger partial charge in [0, 0.05) is 29.9 Å². The fourth-order valence-corrected chi connectivity index (χ4v) is 5.89. The third-order valence-corrected chi connectivity index (χ3v) is 7.27. The van der Waals surface area contributed by atoms with Gasteiger partial charge in [0.1, 0.15) is 4.83 Å². The summed E-state index contributed by atoms with van der Waals surface area (Å²) in [5, 5.41) is 15.6. The van der Waals surface area contributed by atoms with Crippen LogP contribution in [0.1, 0.15) is 35.6 Å². The average Bonchev–Trinajstić information content (AvgIpc) is 3.33. The highest BCUT2D eigenvalue weighted by Crippen LogP contribution is 2.42. The molecule has 1 fully saturated rings. The molecule has 0 radical (unpaired) electrons. The third kappa shape index (κ3) is 4.28. The molecule has 0 bridgehead atoms. The molecule has 10 nitrogen and oxygen atoms in total. The molecule has 1 aliphatic rings. The van der Waals surface area contributed by atoms with Crippen LogP contribution in [0.25, 0.3) is 26.5 Å². The minimum atomic E-state index is -0.547. The van der Waals surface area contributed by atoms with Crippen molar-refractivity contribution in [2.75, 3.05) is 25.0 Å². The summed E-state index contributed by atoms with van der Waals surface area (Å²) in [6.07, 6.45) is 4.75. The smallest absolute Gasteiger partial charge is 0.253 e. The van der Waals surface area contributed by atoms with Gasteiger partial charge in [-0.25, -0.2) is 4.52 Å². The zero-order valence-corrected chi connectivity index (χ0v) is 20.8. The van der Waals surface area contributed by atoms with Crippen molar-refractivity contribution in [3.05, 3.63) is 47.7 Å². The molecule has 0 aromatic carbocycles. The van der Waals surface area contributed by atoms with Crippen LogP contribution in [0.5, 0.6) is 0 Å². The minimum Gasteiger partial charge on any atom is -0.365 e. The van der Waals surface area contributed by atoms with Crippen molar-refractivity contribution in [3.63, 3.8) is 0 Å². The third-order valence-electron chi connectivity index (χ3n) is 6.06. The molecule has 3 N–H and O–H groups in total. The quantitative estimate of drug-likeness (QED) is 0.425. The number of aromatic nitrogens is 5. The van der Waals surface area contributed by atoms with Crippen LogP contribution in [-0.4, -0.2) is 61.1 Å². The first kappa shape index (κ1) is 23.1. The lowest BCUT2D eigenvalue weighted by molar-refractivity contribution is -0.120. The predicted molar refractivity (Wildman–Crippen MR) is 134 cm³/mol. The predicted octanol–water partition coefficient (Wildman–Crippen LogP) is 2.91. The van der Waals surface area contributed by atoms with Crippen molar-refractivity contribution in [2.24, 2.45) is 11.1 Å². The maximum Gasteiger partial charge on any atom is 0.253 e. The molecule has 2 amide bonds. The number of thiazole rings is 1. The van der Waals surface area contributed by atoms with Gasteiger partial charge in [-0.15, -0.1) is 11.3 Å². The average molecular weight is 491 g/mol. The first-order valence-electron chi connectivity index (χ1n) is 11.2. The Labute approximate surface area is 206 Å². The van der Waals surface area contributed by atoms with Crippen LogP contribution in [0.4, 0.5) is 5.69 Å². The number of aryl methyl sites for hydroxylation is 2. The lowest BCUT2D eigenvalue weighted by Crippen LogP contribution is -2.54. The van der Waals surface area contributed by atoms with E-state index in [9.17, 15) is 9.59 Å². The van der Waals surface area contributed by atoms with E-state index in [0.717, 1.165) is 46.2 Å². The van der Waals surface area contributed by atoms with Crippen molar-refractivity contribution >= 4 is 33.7 Å². The van der Waals surface area contributed by atoms with E-state index in [4.69, 9.17) is 5.73 Å². The lowest BCUT2D eigenvalue weighted by atomic mass is 9.84. The Morgan fingerprint density at radius 2 is 1.94 bits per heavy atom. The number of fused-ring (bicyclic) bond motifs is 1. The van der Waals surface area contributed by atoms with Crippen molar-refractivity contribution in [1.29, 1.82) is 0 Å². The molecule has 0 saturated carbocycles. The number of nitrogens with two attached hydrogens (primary N) is 1. The maximum absolute atomic E-state index is 12.7. The van der Waals surface area contributed by atoms with Gasteiger partial charge in [0.15, 0.2) is 0 Å². The van der Waals surface area contributed by atoms with Crippen molar-refractivity contribution in [1.82, 2.24) is 29.7 Å². The second-order valence-electron chi connectivity index (χ2n) is 9.66. The number of rotatable bonds is 6. The fraction of sp³-hybridized carbons (Fsp3) is 0.333. The molecule has 11 heteroatoms. The minimum absolute atomic E-state index is 0.0860. The molecule has 1 saturated heterocycles. The summed E-state index contributed by atoms with van der Waals surface area (Å²) in [5.41, 5.74) is 10.7. The zero-order chi connectivity index (χ0) is 24.9. The molecule has 0 spiro atoms. The van der Waals surface area contributed by atoms with Gasteiger partial charge in [0.25, 0.3) is 5.91 Å². The van der Waals surface area contributed by atoms with E-state index in [0.29, 0.717) is 22.6 Å². The van der Waals surface area contributed by atoms with E-state index in [-0.39, 0.29) is 11.3 Å². The van der Waals surface area contributed by atoms with E-state index in [1.165, 1.54) is 17.5 Å². The van der Waals surface area contributed by atoms with Gasteiger partial charge in [-0.1, -0.05) is 13.8 Å². The van der Waals surface area contributed by atoms with Crippen LogP contribution < -0.4 is 11.1 Å². The SMILES string of the molecule is Cc1nnccc1-c1sc2c(C(N)=O)cnn2c1-c1cc(NC(=O)CN2CC(C)(C)C2)cnc1C. The number of hydrogen-bond acceptors (Lipinski definition) is 8. The number of carbonyl (C=O) groups excluding carboxylic acids is 2. The molecule has 4 aromatic rings. The second-order valence-corrected chi connectivity index (χ2v) is 10.7.